The molecule has 0 radical (unpaired) electrons. The van der Waals surface area contributed by atoms with Crippen molar-refractivity contribution in [2.24, 2.45) is 0 Å². The van der Waals surface area contributed by atoms with Crippen molar-refractivity contribution < 1.29 is 4.74 Å². The van der Waals surface area contributed by atoms with Gasteiger partial charge in [0.1, 0.15) is 5.75 Å². The van der Waals surface area contributed by atoms with E-state index in [0.29, 0.717) is 0 Å². The van der Waals surface area contributed by atoms with E-state index in [1.165, 1.54) is 61.6 Å². The van der Waals surface area contributed by atoms with Gasteiger partial charge in [-0.25, -0.2) is 0 Å². The molecule has 0 saturated heterocycles. The van der Waals surface area contributed by atoms with Crippen molar-refractivity contribution in [3.63, 3.8) is 0 Å². The zero-order chi connectivity index (χ0) is 14.9. The number of unbranched alkanes of at least 4 members (excludes halogenated alkanes) is 5. The molecular formula is C19H26OS. The van der Waals surface area contributed by atoms with Gasteiger partial charge in [0, 0.05) is 0 Å². The van der Waals surface area contributed by atoms with E-state index in [9.17, 15) is 0 Å². The molecule has 0 aliphatic heterocycles. The molecule has 0 aliphatic rings. The highest BCUT2D eigenvalue weighted by Crippen LogP contribution is 2.30. The maximum absolute atomic E-state index is 5.38. The van der Waals surface area contributed by atoms with Crippen LogP contribution in [0.4, 0.5) is 0 Å². The first-order valence-corrected chi connectivity index (χ1v) is 8.99. The monoisotopic (exact) mass is 302 g/mol. The highest BCUT2D eigenvalue weighted by atomic mass is 32.1. The highest BCUT2D eigenvalue weighted by Gasteiger charge is 2.07. The molecule has 1 aromatic carbocycles. The number of methoxy groups -OCH3 is 1. The molecule has 1 nitrogen and oxygen atoms in total. The standard InChI is InChI=1S/C19H26OS/c1-3-4-5-6-7-8-9-16-10-11-18(20-2)14-19(16)17-12-13-21-15-17/h10-15H,3-9H2,1-2H3. The van der Waals surface area contributed by atoms with E-state index in [1.807, 2.05) is 0 Å². The molecule has 0 aliphatic carbocycles. The Hall–Kier alpha value is -1.28. The molecule has 1 heterocycles. The van der Waals surface area contributed by atoms with E-state index < -0.39 is 0 Å². The molecule has 0 bridgehead atoms. The zero-order valence-electron chi connectivity index (χ0n) is 13.2. The second-order valence-corrected chi connectivity index (χ2v) is 6.33. The number of aryl methyl sites for hydroxylation is 1. The smallest absolute Gasteiger partial charge is 0.119 e. The topological polar surface area (TPSA) is 9.23 Å². The van der Waals surface area contributed by atoms with Crippen molar-refractivity contribution in [1.29, 1.82) is 0 Å². The maximum atomic E-state index is 5.38. The van der Waals surface area contributed by atoms with Gasteiger partial charge in [-0.15, -0.1) is 0 Å². The van der Waals surface area contributed by atoms with Crippen molar-refractivity contribution in [3.05, 3.63) is 40.6 Å². The summed E-state index contributed by atoms with van der Waals surface area (Å²) >= 11 is 1.75. The van der Waals surface area contributed by atoms with E-state index in [0.717, 1.165) is 5.75 Å². The fourth-order valence-corrected chi connectivity index (χ4v) is 3.34. The van der Waals surface area contributed by atoms with Gasteiger partial charge in [0.05, 0.1) is 7.11 Å². The van der Waals surface area contributed by atoms with Crippen molar-refractivity contribution in [1.82, 2.24) is 0 Å². The highest BCUT2D eigenvalue weighted by molar-refractivity contribution is 7.08. The summed E-state index contributed by atoms with van der Waals surface area (Å²) in [5, 5.41) is 4.36. The minimum Gasteiger partial charge on any atom is -0.497 e. The predicted molar refractivity (Wildman–Crippen MR) is 93.4 cm³/mol. The Morgan fingerprint density at radius 2 is 1.81 bits per heavy atom. The third-order valence-electron chi connectivity index (χ3n) is 3.95. The Bertz CT molecular complexity index is 516. The molecule has 0 unspecified atom stereocenters. The molecule has 0 amide bonds. The van der Waals surface area contributed by atoms with Gasteiger partial charge in [-0.1, -0.05) is 45.1 Å². The van der Waals surface area contributed by atoms with Crippen LogP contribution in [0.1, 0.15) is 51.0 Å². The summed E-state index contributed by atoms with van der Waals surface area (Å²) in [6.07, 6.45) is 9.25. The van der Waals surface area contributed by atoms with Gasteiger partial charge in [0.25, 0.3) is 0 Å². The Morgan fingerprint density at radius 1 is 1.00 bits per heavy atom. The summed E-state index contributed by atoms with van der Waals surface area (Å²) in [6.45, 7) is 2.27. The fourth-order valence-electron chi connectivity index (χ4n) is 2.68. The first-order valence-electron chi connectivity index (χ1n) is 8.04. The minimum atomic E-state index is 0.947. The molecule has 0 fully saturated rings. The van der Waals surface area contributed by atoms with Crippen molar-refractivity contribution in [3.8, 4) is 16.9 Å². The SMILES string of the molecule is CCCCCCCCc1ccc(OC)cc1-c1ccsc1. The Balaban J connectivity index is 1.98. The summed E-state index contributed by atoms with van der Waals surface area (Å²) in [5.41, 5.74) is 4.11. The van der Waals surface area contributed by atoms with Gasteiger partial charge in [0.2, 0.25) is 0 Å². The number of rotatable bonds is 9. The lowest BCUT2D eigenvalue weighted by Gasteiger charge is -2.11. The Labute approximate surface area is 133 Å². The average Bonchev–Trinajstić information content (AvgIpc) is 3.05. The number of benzene rings is 1. The van der Waals surface area contributed by atoms with Crippen molar-refractivity contribution in [2.45, 2.75) is 51.9 Å². The lowest BCUT2D eigenvalue weighted by Crippen LogP contribution is -1.92. The van der Waals surface area contributed by atoms with Crippen molar-refractivity contribution >= 4 is 11.3 Å². The van der Waals surface area contributed by atoms with Gasteiger partial charge in [-0.05, 0) is 58.5 Å². The van der Waals surface area contributed by atoms with E-state index in [-0.39, 0.29) is 0 Å². The molecule has 114 valence electrons. The van der Waals surface area contributed by atoms with Gasteiger partial charge < -0.3 is 4.74 Å². The molecule has 1 aromatic heterocycles. The van der Waals surface area contributed by atoms with Gasteiger partial charge in [0.15, 0.2) is 0 Å². The Kier molecular flexibility index (Phi) is 6.81. The molecule has 0 saturated carbocycles. The largest absolute Gasteiger partial charge is 0.497 e. The van der Waals surface area contributed by atoms with Crippen molar-refractivity contribution in [2.75, 3.05) is 7.11 Å². The van der Waals surface area contributed by atoms with Crippen LogP contribution >= 0.6 is 11.3 Å². The summed E-state index contributed by atoms with van der Waals surface area (Å²) in [5.74, 6) is 0.947. The molecule has 0 N–H and O–H groups in total. The summed E-state index contributed by atoms with van der Waals surface area (Å²) in [6, 6.07) is 8.69. The molecule has 0 spiro atoms. The van der Waals surface area contributed by atoms with Gasteiger partial charge in [-0.2, -0.15) is 11.3 Å². The fraction of sp³-hybridized carbons (Fsp3) is 0.474. The van der Waals surface area contributed by atoms with Crippen LogP contribution in [0.15, 0.2) is 35.0 Å². The van der Waals surface area contributed by atoms with Crippen LogP contribution in [0.2, 0.25) is 0 Å². The molecule has 21 heavy (non-hydrogen) atoms. The molecule has 0 atom stereocenters. The average molecular weight is 302 g/mol. The Morgan fingerprint density at radius 3 is 2.52 bits per heavy atom. The number of hydrogen-bond acceptors (Lipinski definition) is 2. The van der Waals surface area contributed by atoms with Crippen LogP contribution in [0.3, 0.4) is 0 Å². The summed E-state index contributed by atoms with van der Waals surface area (Å²) in [7, 11) is 1.74. The van der Waals surface area contributed by atoms with Crippen LogP contribution in [-0.2, 0) is 6.42 Å². The van der Waals surface area contributed by atoms with Crippen LogP contribution in [-0.4, -0.2) is 7.11 Å². The molecular weight excluding hydrogens is 276 g/mol. The van der Waals surface area contributed by atoms with E-state index in [2.05, 4.69) is 41.9 Å². The quantitative estimate of drug-likeness (QED) is 0.492. The van der Waals surface area contributed by atoms with E-state index in [4.69, 9.17) is 4.74 Å². The summed E-state index contributed by atoms with van der Waals surface area (Å²) < 4.78 is 5.38. The first kappa shape index (κ1) is 16.1. The normalized spacial score (nSPS) is 10.8. The maximum Gasteiger partial charge on any atom is 0.119 e. The third kappa shape index (κ3) is 4.89. The van der Waals surface area contributed by atoms with Gasteiger partial charge in [-0.3, -0.25) is 0 Å². The predicted octanol–water partition coefficient (Wildman–Crippen LogP) is 6.33. The second-order valence-electron chi connectivity index (χ2n) is 5.55. The minimum absolute atomic E-state index is 0.947. The lowest BCUT2D eigenvalue weighted by molar-refractivity contribution is 0.415. The van der Waals surface area contributed by atoms with E-state index in [1.54, 1.807) is 18.4 Å². The van der Waals surface area contributed by atoms with Crippen LogP contribution in [0.5, 0.6) is 5.75 Å². The third-order valence-corrected chi connectivity index (χ3v) is 4.63. The lowest BCUT2D eigenvalue weighted by atomic mass is 9.97. The number of hydrogen-bond donors (Lipinski definition) is 0. The number of thiophene rings is 1. The van der Waals surface area contributed by atoms with Crippen LogP contribution < -0.4 is 4.74 Å². The first-order chi connectivity index (χ1) is 10.3. The number of ether oxygens (including phenoxy) is 1. The molecule has 2 aromatic rings. The van der Waals surface area contributed by atoms with Gasteiger partial charge >= 0.3 is 0 Å². The summed E-state index contributed by atoms with van der Waals surface area (Å²) in [4.78, 5) is 0. The van der Waals surface area contributed by atoms with Crippen LogP contribution in [0, 0.1) is 0 Å². The van der Waals surface area contributed by atoms with E-state index >= 15 is 0 Å². The zero-order valence-corrected chi connectivity index (χ0v) is 14.0. The second kappa shape index (κ2) is 8.89. The molecule has 2 rings (SSSR count). The molecule has 2 heteroatoms. The van der Waals surface area contributed by atoms with Crippen LogP contribution in [0.25, 0.3) is 11.1 Å².